The number of carboxylic acid groups (broad SMARTS) is 1. The predicted octanol–water partition coefficient (Wildman–Crippen LogP) is 3.52. The molecule has 0 spiro atoms. The van der Waals surface area contributed by atoms with Crippen molar-refractivity contribution in [1.82, 2.24) is 10.2 Å². The number of hydrogen-bond acceptors (Lipinski definition) is 4. The van der Waals surface area contributed by atoms with Gasteiger partial charge in [0, 0.05) is 31.6 Å². The highest BCUT2D eigenvalue weighted by Gasteiger charge is 2.41. The van der Waals surface area contributed by atoms with Gasteiger partial charge in [-0.3, -0.25) is 0 Å². The molecule has 2 heterocycles. The first-order valence-electron chi connectivity index (χ1n) is 8.65. The molecule has 2 atom stereocenters. The molecular formula is C17H25ClN2O3S. The summed E-state index contributed by atoms with van der Waals surface area (Å²) in [5.41, 5.74) is 0.374. The third-order valence-electron chi connectivity index (χ3n) is 5.40. The van der Waals surface area contributed by atoms with Gasteiger partial charge in [-0.25, -0.2) is 4.79 Å². The van der Waals surface area contributed by atoms with Crippen molar-refractivity contribution in [3.05, 3.63) is 21.3 Å². The predicted molar refractivity (Wildman–Crippen MR) is 96.1 cm³/mol. The van der Waals surface area contributed by atoms with E-state index in [1.54, 1.807) is 0 Å². The van der Waals surface area contributed by atoms with Crippen LogP contribution in [0.4, 0.5) is 4.79 Å². The van der Waals surface area contributed by atoms with Crippen molar-refractivity contribution in [1.29, 1.82) is 0 Å². The van der Waals surface area contributed by atoms with Crippen LogP contribution in [0.5, 0.6) is 0 Å². The molecular weight excluding hydrogens is 348 g/mol. The first-order valence-corrected chi connectivity index (χ1v) is 9.91. The fourth-order valence-electron chi connectivity index (χ4n) is 4.13. The summed E-state index contributed by atoms with van der Waals surface area (Å²) in [5.74, 6) is -0.00667. The van der Waals surface area contributed by atoms with Crippen LogP contribution in [-0.4, -0.2) is 52.5 Å². The van der Waals surface area contributed by atoms with E-state index in [0.717, 1.165) is 42.0 Å². The molecule has 134 valence electrons. The molecule has 0 bridgehead atoms. The van der Waals surface area contributed by atoms with Crippen LogP contribution in [0.3, 0.4) is 0 Å². The molecule has 1 aliphatic carbocycles. The molecule has 3 N–H and O–H groups in total. The number of amides is 1. The smallest absolute Gasteiger partial charge is 0.407 e. The standard InChI is InChI=1S/C17H25ClN2O3S/c18-15-8-12(11-24-15)14(17(23)4-2-1-3-5-17)9-13-10-20(16(21)22)7-6-19-13/h8,11,13-14,19,23H,1-7,9-10H2,(H,21,22). The second-order valence-corrected chi connectivity index (χ2v) is 8.56. The topological polar surface area (TPSA) is 72.8 Å². The Morgan fingerprint density at radius 3 is 2.83 bits per heavy atom. The van der Waals surface area contributed by atoms with Crippen LogP contribution in [0.2, 0.25) is 4.34 Å². The van der Waals surface area contributed by atoms with Crippen LogP contribution in [0, 0.1) is 0 Å². The maximum Gasteiger partial charge on any atom is 0.407 e. The van der Waals surface area contributed by atoms with Gasteiger partial charge in [-0.15, -0.1) is 11.3 Å². The van der Waals surface area contributed by atoms with E-state index in [1.165, 1.54) is 22.7 Å². The molecule has 1 saturated carbocycles. The van der Waals surface area contributed by atoms with Crippen molar-refractivity contribution in [2.45, 2.75) is 56.1 Å². The van der Waals surface area contributed by atoms with Crippen molar-refractivity contribution < 1.29 is 15.0 Å². The summed E-state index contributed by atoms with van der Waals surface area (Å²) in [7, 11) is 0. The highest BCUT2D eigenvalue weighted by atomic mass is 35.5. The lowest BCUT2D eigenvalue weighted by atomic mass is 9.71. The number of nitrogens with one attached hydrogen (secondary N) is 1. The van der Waals surface area contributed by atoms with Crippen LogP contribution in [0.25, 0.3) is 0 Å². The van der Waals surface area contributed by atoms with Gasteiger partial charge in [0.2, 0.25) is 0 Å². The zero-order valence-corrected chi connectivity index (χ0v) is 15.3. The van der Waals surface area contributed by atoms with E-state index in [-0.39, 0.29) is 12.0 Å². The summed E-state index contributed by atoms with van der Waals surface area (Å²) >= 11 is 7.62. The summed E-state index contributed by atoms with van der Waals surface area (Å²) in [6.07, 6.45) is 4.74. The molecule has 1 amide bonds. The van der Waals surface area contributed by atoms with E-state index >= 15 is 0 Å². The van der Waals surface area contributed by atoms with E-state index in [0.29, 0.717) is 19.6 Å². The number of aliphatic hydroxyl groups is 1. The van der Waals surface area contributed by atoms with E-state index in [4.69, 9.17) is 11.6 Å². The lowest BCUT2D eigenvalue weighted by Crippen LogP contribution is -2.54. The van der Waals surface area contributed by atoms with Crippen molar-refractivity contribution in [2.75, 3.05) is 19.6 Å². The molecule has 2 unspecified atom stereocenters. The minimum Gasteiger partial charge on any atom is -0.465 e. The Hall–Kier alpha value is -0.820. The quantitative estimate of drug-likeness (QED) is 0.756. The number of thiophene rings is 1. The number of rotatable bonds is 4. The van der Waals surface area contributed by atoms with Gasteiger partial charge in [-0.2, -0.15) is 0 Å². The Bertz CT molecular complexity index is 574. The van der Waals surface area contributed by atoms with Crippen LogP contribution in [-0.2, 0) is 0 Å². The van der Waals surface area contributed by atoms with Gasteiger partial charge in [-0.1, -0.05) is 30.9 Å². The normalized spacial score (nSPS) is 25.4. The molecule has 2 aliphatic rings. The zero-order chi connectivity index (χ0) is 17.2. The van der Waals surface area contributed by atoms with Gasteiger partial charge in [0.15, 0.2) is 0 Å². The number of halogens is 1. The average Bonchev–Trinajstić information content (AvgIpc) is 2.99. The minimum absolute atomic E-state index is 0.00667. The lowest BCUT2D eigenvalue weighted by molar-refractivity contribution is -0.0280. The number of hydrogen-bond donors (Lipinski definition) is 3. The number of carbonyl (C=O) groups is 1. The fourth-order valence-corrected chi connectivity index (χ4v) is 5.07. The third kappa shape index (κ3) is 4.04. The molecule has 3 rings (SSSR count). The summed E-state index contributed by atoms with van der Waals surface area (Å²) in [6.45, 7) is 1.65. The van der Waals surface area contributed by atoms with Crippen LogP contribution in [0.15, 0.2) is 11.4 Å². The molecule has 0 aromatic carbocycles. The lowest BCUT2D eigenvalue weighted by Gasteiger charge is -2.42. The second kappa shape index (κ2) is 7.60. The Morgan fingerprint density at radius 1 is 1.46 bits per heavy atom. The van der Waals surface area contributed by atoms with Gasteiger partial charge in [-0.05, 0) is 36.3 Å². The van der Waals surface area contributed by atoms with Crippen molar-refractivity contribution >= 4 is 29.0 Å². The Morgan fingerprint density at radius 2 is 2.21 bits per heavy atom. The minimum atomic E-state index is -0.868. The van der Waals surface area contributed by atoms with Gasteiger partial charge >= 0.3 is 6.09 Å². The molecule has 7 heteroatoms. The average molecular weight is 373 g/mol. The van der Waals surface area contributed by atoms with Crippen LogP contribution < -0.4 is 5.32 Å². The van der Waals surface area contributed by atoms with Crippen LogP contribution >= 0.6 is 22.9 Å². The summed E-state index contributed by atoms with van der Waals surface area (Å²) < 4.78 is 0.734. The number of nitrogens with zero attached hydrogens (tertiary/aromatic N) is 1. The van der Waals surface area contributed by atoms with E-state index in [2.05, 4.69) is 5.32 Å². The molecule has 2 fully saturated rings. The van der Waals surface area contributed by atoms with E-state index in [9.17, 15) is 15.0 Å². The van der Waals surface area contributed by atoms with Crippen molar-refractivity contribution in [2.24, 2.45) is 0 Å². The molecule has 1 saturated heterocycles. The molecule has 1 aromatic rings. The fraction of sp³-hybridized carbons (Fsp3) is 0.706. The van der Waals surface area contributed by atoms with Gasteiger partial charge in [0.05, 0.1) is 9.94 Å². The Kier molecular flexibility index (Phi) is 5.70. The Balaban J connectivity index is 1.78. The van der Waals surface area contributed by atoms with Crippen molar-refractivity contribution in [3.8, 4) is 0 Å². The highest BCUT2D eigenvalue weighted by molar-refractivity contribution is 7.14. The molecule has 24 heavy (non-hydrogen) atoms. The third-order valence-corrected chi connectivity index (χ3v) is 6.51. The molecule has 1 aliphatic heterocycles. The first-order chi connectivity index (χ1) is 11.5. The second-order valence-electron chi connectivity index (χ2n) is 7.02. The largest absolute Gasteiger partial charge is 0.465 e. The maximum absolute atomic E-state index is 11.3. The zero-order valence-electron chi connectivity index (χ0n) is 13.7. The SMILES string of the molecule is O=C(O)N1CCNC(CC(c2csc(Cl)c2)C2(O)CCCCC2)C1. The first kappa shape index (κ1) is 18.0. The highest BCUT2D eigenvalue weighted by Crippen LogP contribution is 2.44. The molecule has 1 aromatic heterocycles. The van der Waals surface area contributed by atoms with Crippen molar-refractivity contribution in [3.63, 3.8) is 0 Å². The van der Waals surface area contributed by atoms with Gasteiger partial charge < -0.3 is 20.4 Å². The van der Waals surface area contributed by atoms with E-state index < -0.39 is 11.7 Å². The van der Waals surface area contributed by atoms with Gasteiger partial charge in [0.25, 0.3) is 0 Å². The van der Waals surface area contributed by atoms with Gasteiger partial charge in [0.1, 0.15) is 0 Å². The van der Waals surface area contributed by atoms with Crippen LogP contribution in [0.1, 0.15) is 50.0 Å². The molecule has 0 radical (unpaired) electrons. The maximum atomic E-state index is 11.3. The summed E-state index contributed by atoms with van der Waals surface area (Å²) in [5, 5.41) is 26.0. The summed E-state index contributed by atoms with van der Waals surface area (Å²) in [4.78, 5) is 12.7. The molecule has 5 nitrogen and oxygen atoms in total. The monoisotopic (exact) mass is 372 g/mol. The summed E-state index contributed by atoms with van der Waals surface area (Å²) in [6, 6.07) is 2.02. The van der Waals surface area contributed by atoms with E-state index in [1.807, 2.05) is 11.4 Å². The number of piperazine rings is 1. The Labute approximate surface area is 151 Å².